The molecule has 3 heterocycles. The van der Waals surface area contributed by atoms with Crippen LogP contribution in [-0.2, 0) is 19.4 Å². The van der Waals surface area contributed by atoms with Crippen LogP contribution in [0.25, 0.3) is 10.2 Å². The molecule has 0 amide bonds. The number of ether oxygens (including phenoxy) is 1. The number of aromatic nitrogens is 3. The second kappa shape index (κ2) is 8.34. The van der Waals surface area contributed by atoms with Gasteiger partial charge in [-0.15, -0.1) is 11.3 Å². The van der Waals surface area contributed by atoms with Crippen LogP contribution < -0.4 is 10.3 Å². The first-order chi connectivity index (χ1) is 13.6. The van der Waals surface area contributed by atoms with Gasteiger partial charge in [0.2, 0.25) is 0 Å². The van der Waals surface area contributed by atoms with Crippen molar-refractivity contribution in [2.75, 3.05) is 0 Å². The maximum Gasteiger partial charge on any atom is 0.271 e. The van der Waals surface area contributed by atoms with Crippen LogP contribution in [0.15, 0.2) is 64.1 Å². The number of hydrogen-bond acceptors (Lipinski definition) is 6. The summed E-state index contributed by atoms with van der Waals surface area (Å²) in [6, 6.07) is 11.3. The first-order valence-electron chi connectivity index (χ1n) is 8.49. The minimum atomic E-state index is -0.0263. The molecule has 0 saturated heterocycles. The van der Waals surface area contributed by atoms with Gasteiger partial charge in [-0.2, -0.15) is 0 Å². The van der Waals surface area contributed by atoms with Gasteiger partial charge in [0.25, 0.3) is 5.56 Å². The van der Waals surface area contributed by atoms with Gasteiger partial charge in [0, 0.05) is 41.3 Å². The lowest BCUT2D eigenvalue weighted by Crippen LogP contribution is -2.18. The maximum atomic E-state index is 12.5. The van der Waals surface area contributed by atoms with Crippen molar-refractivity contribution in [3.8, 4) is 5.75 Å². The first kappa shape index (κ1) is 19.0. The normalized spacial score (nSPS) is 11.1. The Hall–Kier alpha value is -2.35. The van der Waals surface area contributed by atoms with Gasteiger partial charge in [-0.3, -0.25) is 14.3 Å². The molecular formula is C20H16ClN3O2S2. The quantitative estimate of drug-likeness (QED) is 0.322. The number of fused-ring (bicyclic) bond motifs is 1. The summed E-state index contributed by atoms with van der Waals surface area (Å²) < 4.78 is 8.24. The summed E-state index contributed by atoms with van der Waals surface area (Å²) in [4.78, 5) is 21.2. The molecule has 28 heavy (non-hydrogen) atoms. The van der Waals surface area contributed by atoms with Crippen molar-refractivity contribution < 1.29 is 4.74 Å². The van der Waals surface area contributed by atoms with Crippen molar-refractivity contribution in [1.82, 2.24) is 14.5 Å². The zero-order chi connectivity index (χ0) is 19.5. The molecule has 0 atom stereocenters. The SMILES string of the molecule is Cn1c(SCc2cc(Cl)ccc2OCc2cccnc2)nc2ccsc2c1=O. The van der Waals surface area contributed by atoms with Crippen LogP contribution in [0.3, 0.4) is 0 Å². The Labute approximate surface area is 175 Å². The maximum absolute atomic E-state index is 12.5. The van der Waals surface area contributed by atoms with Gasteiger partial charge in [0.05, 0.1) is 5.52 Å². The minimum Gasteiger partial charge on any atom is -0.489 e. The molecule has 0 aliphatic rings. The van der Waals surface area contributed by atoms with Crippen molar-refractivity contribution in [2.45, 2.75) is 17.5 Å². The predicted octanol–water partition coefficient (Wildman–Crippen LogP) is 4.91. The van der Waals surface area contributed by atoms with E-state index < -0.39 is 0 Å². The van der Waals surface area contributed by atoms with E-state index in [0.29, 0.717) is 27.2 Å². The molecular weight excluding hydrogens is 414 g/mol. The van der Waals surface area contributed by atoms with E-state index in [1.54, 1.807) is 30.1 Å². The lowest BCUT2D eigenvalue weighted by Gasteiger charge is -2.13. The van der Waals surface area contributed by atoms with Gasteiger partial charge in [-0.05, 0) is 35.7 Å². The number of nitrogens with zero attached hydrogens (tertiary/aromatic N) is 3. The van der Waals surface area contributed by atoms with Gasteiger partial charge in [-0.25, -0.2) is 4.98 Å². The molecule has 1 aromatic carbocycles. The third kappa shape index (κ3) is 4.06. The minimum absolute atomic E-state index is 0.0263. The van der Waals surface area contributed by atoms with E-state index in [1.165, 1.54) is 23.1 Å². The average Bonchev–Trinajstić information content (AvgIpc) is 3.18. The topological polar surface area (TPSA) is 57.0 Å². The van der Waals surface area contributed by atoms with Gasteiger partial charge >= 0.3 is 0 Å². The van der Waals surface area contributed by atoms with Crippen LogP contribution in [-0.4, -0.2) is 14.5 Å². The van der Waals surface area contributed by atoms with E-state index in [0.717, 1.165) is 22.4 Å². The highest BCUT2D eigenvalue weighted by atomic mass is 35.5. The lowest BCUT2D eigenvalue weighted by molar-refractivity contribution is 0.303. The molecule has 0 unspecified atom stereocenters. The highest BCUT2D eigenvalue weighted by molar-refractivity contribution is 7.98. The first-order valence-corrected chi connectivity index (χ1v) is 10.7. The Morgan fingerprint density at radius 2 is 2.18 bits per heavy atom. The third-order valence-electron chi connectivity index (χ3n) is 4.14. The number of thiophene rings is 1. The smallest absolute Gasteiger partial charge is 0.271 e. The second-order valence-corrected chi connectivity index (χ2v) is 8.38. The summed E-state index contributed by atoms with van der Waals surface area (Å²) in [6.45, 7) is 0.421. The van der Waals surface area contributed by atoms with E-state index in [-0.39, 0.29) is 5.56 Å². The molecule has 5 nitrogen and oxygen atoms in total. The van der Waals surface area contributed by atoms with Crippen molar-refractivity contribution in [3.05, 3.63) is 80.7 Å². The fourth-order valence-electron chi connectivity index (χ4n) is 2.69. The van der Waals surface area contributed by atoms with Crippen LogP contribution >= 0.6 is 34.7 Å². The Kier molecular flexibility index (Phi) is 5.66. The zero-order valence-corrected chi connectivity index (χ0v) is 17.4. The molecule has 0 saturated carbocycles. The van der Waals surface area contributed by atoms with Gasteiger partial charge in [-0.1, -0.05) is 29.4 Å². The van der Waals surface area contributed by atoms with E-state index in [9.17, 15) is 4.79 Å². The molecule has 0 spiro atoms. The standard InChI is InChI=1S/C20H16ClN3O2S2/c1-24-19(25)18-16(6-8-27-18)23-20(24)28-12-14-9-15(21)4-5-17(14)26-11-13-3-2-7-22-10-13/h2-10H,11-12H2,1H3. The molecule has 0 bridgehead atoms. The summed E-state index contributed by atoms with van der Waals surface area (Å²) >= 11 is 9.09. The van der Waals surface area contributed by atoms with E-state index in [1.807, 2.05) is 35.7 Å². The molecule has 3 aromatic heterocycles. The Morgan fingerprint density at radius 1 is 1.29 bits per heavy atom. The second-order valence-electron chi connectivity index (χ2n) is 6.08. The number of halogens is 1. The molecule has 0 N–H and O–H groups in total. The number of rotatable bonds is 6. The molecule has 0 aliphatic heterocycles. The van der Waals surface area contributed by atoms with E-state index in [2.05, 4.69) is 9.97 Å². The van der Waals surface area contributed by atoms with Crippen LogP contribution in [0, 0.1) is 0 Å². The van der Waals surface area contributed by atoms with Gasteiger partial charge in [0.1, 0.15) is 17.1 Å². The van der Waals surface area contributed by atoms with Gasteiger partial charge in [0.15, 0.2) is 5.16 Å². The van der Waals surface area contributed by atoms with Crippen molar-refractivity contribution in [3.63, 3.8) is 0 Å². The number of thioether (sulfide) groups is 1. The molecule has 8 heteroatoms. The molecule has 142 valence electrons. The van der Waals surface area contributed by atoms with Crippen LogP contribution in [0.1, 0.15) is 11.1 Å². The van der Waals surface area contributed by atoms with E-state index in [4.69, 9.17) is 16.3 Å². The summed E-state index contributed by atoms with van der Waals surface area (Å²) in [7, 11) is 1.74. The monoisotopic (exact) mass is 429 g/mol. The van der Waals surface area contributed by atoms with E-state index >= 15 is 0 Å². The van der Waals surface area contributed by atoms with Crippen LogP contribution in [0.2, 0.25) is 5.02 Å². The average molecular weight is 430 g/mol. The lowest BCUT2D eigenvalue weighted by atomic mass is 10.2. The Morgan fingerprint density at radius 3 is 3.00 bits per heavy atom. The fourth-order valence-corrected chi connectivity index (χ4v) is 4.63. The number of pyridine rings is 1. The Bertz CT molecular complexity index is 1180. The molecule has 0 radical (unpaired) electrons. The summed E-state index contributed by atoms with van der Waals surface area (Å²) in [5.41, 5.74) is 2.64. The van der Waals surface area contributed by atoms with Crippen LogP contribution in [0.4, 0.5) is 0 Å². The van der Waals surface area contributed by atoms with Gasteiger partial charge < -0.3 is 4.74 Å². The molecule has 4 rings (SSSR count). The molecule has 0 aliphatic carbocycles. The van der Waals surface area contributed by atoms with Crippen molar-refractivity contribution >= 4 is 44.9 Å². The molecule has 0 fully saturated rings. The summed E-state index contributed by atoms with van der Waals surface area (Å²) in [5.74, 6) is 1.33. The molecule has 4 aromatic rings. The van der Waals surface area contributed by atoms with Crippen LogP contribution in [0.5, 0.6) is 5.75 Å². The predicted molar refractivity (Wildman–Crippen MR) is 114 cm³/mol. The highest BCUT2D eigenvalue weighted by Gasteiger charge is 2.12. The zero-order valence-electron chi connectivity index (χ0n) is 15.0. The number of benzene rings is 1. The fraction of sp³-hybridized carbons (Fsp3) is 0.150. The van der Waals surface area contributed by atoms with Crippen molar-refractivity contribution in [2.24, 2.45) is 7.05 Å². The highest BCUT2D eigenvalue weighted by Crippen LogP contribution is 2.30. The summed E-state index contributed by atoms with van der Waals surface area (Å²) in [6.07, 6.45) is 3.51. The number of hydrogen-bond donors (Lipinski definition) is 0. The largest absolute Gasteiger partial charge is 0.489 e. The summed E-state index contributed by atoms with van der Waals surface area (Å²) in [5, 5.41) is 3.18. The third-order valence-corrected chi connectivity index (χ3v) is 6.35. The van der Waals surface area contributed by atoms with Crippen molar-refractivity contribution in [1.29, 1.82) is 0 Å². The Balaban J connectivity index is 1.55.